The molecule has 3 heterocycles. The van der Waals surface area contributed by atoms with Crippen LogP contribution >= 0.6 is 22.7 Å². The third kappa shape index (κ3) is 4.60. The van der Waals surface area contributed by atoms with Gasteiger partial charge in [-0.3, -0.25) is 0 Å². The molecule has 2 aromatic heterocycles. The molecule has 28 heavy (non-hydrogen) atoms. The highest BCUT2D eigenvalue weighted by Gasteiger charge is 2.24. The fourth-order valence-electron chi connectivity index (χ4n) is 3.62. The molecule has 0 spiro atoms. The summed E-state index contributed by atoms with van der Waals surface area (Å²) in [6, 6.07) is 8.36. The number of nitrogens with zero attached hydrogens (tertiary/aromatic N) is 3. The summed E-state index contributed by atoms with van der Waals surface area (Å²) in [5.41, 5.74) is 2.48. The number of aliphatic hydroxyl groups is 1. The number of rotatable bonds is 7. The van der Waals surface area contributed by atoms with E-state index in [-0.39, 0.29) is 0 Å². The highest BCUT2D eigenvalue weighted by molar-refractivity contribution is 7.11. The van der Waals surface area contributed by atoms with Crippen LogP contribution in [0.5, 0.6) is 5.75 Å². The van der Waals surface area contributed by atoms with Crippen molar-refractivity contribution in [2.24, 2.45) is 0 Å². The minimum atomic E-state index is -0.691. The molecule has 1 saturated heterocycles. The minimum Gasteiger partial charge on any atom is -0.497 e. The number of hydrogen-bond donors (Lipinski definition) is 1. The first kappa shape index (κ1) is 19.5. The maximum absolute atomic E-state index is 10.4. The Morgan fingerprint density at radius 3 is 2.64 bits per heavy atom. The van der Waals surface area contributed by atoms with E-state index in [2.05, 4.69) is 27.4 Å². The van der Waals surface area contributed by atoms with Gasteiger partial charge in [-0.05, 0) is 50.0 Å². The van der Waals surface area contributed by atoms with Gasteiger partial charge in [-0.25, -0.2) is 9.97 Å². The van der Waals surface area contributed by atoms with Gasteiger partial charge in [0.15, 0.2) is 6.10 Å². The molecule has 4 rings (SSSR count). The third-order valence-corrected chi connectivity index (χ3v) is 7.08. The molecule has 5 nitrogen and oxygen atoms in total. The second kappa shape index (κ2) is 9.13. The van der Waals surface area contributed by atoms with Gasteiger partial charge in [-0.15, -0.1) is 22.7 Å². The summed E-state index contributed by atoms with van der Waals surface area (Å²) in [5.74, 6) is 1.40. The van der Waals surface area contributed by atoms with E-state index in [9.17, 15) is 5.11 Å². The summed E-state index contributed by atoms with van der Waals surface area (Å²) in [6.45, 7) is 3.29. The van der Waals surface area contributed by atoms with Crippen molar-refractivity contribution in [2.45, 2.75) is 31.3 Å². The fraction of sp³-hybridized carbons (Fsp3) is 0.429. The molecular formula is C21H25N3O2S2. The molecule has 1 N–H and O–H groups in total. The Balaban J connectivity index is 1.27. The number of benzene rings is 1. The lowest BCUT2D eigenvalue weighted by Crippen LogP contribution is -2.34. The number of hydrogen-bond acceptors (Lipinski definition) is 7. The second-order valence-corrected chi connectivity index (χ2v) is 8.91. The molecule has 1 aromatic carbocycles. The minimum absolute atomic E-state index is 0.491. The van der Waals surface area contributed by atoms with Crippen LogP contribution in [0.3, 0.4) is 0 Å². The number of piperidine rings is 1. The zero-order valence-corrected chi connectivity index (χ0v) is 17.6. The van der Waals surface area contributed by atoms with Crippen LogP contribution in [0.15, 0.2) is 41.2 Å². The van der Waals surface area contributed by atoms with Crippen molar-refractivity contribution in [1.29, 1.82) is 0 Å². The number of thiazole rings is 2. The van der Waals surface area contributed by atoms with Crippen molar-refractivity contribution in [3.8, 4) is 5.75 Å². The van der Waals surface area contributed by atoms with E-state index in [0.29, 0.717) is 10.9 Å². The zero-order chi connectivity index (χ0) is 19.3. The molecule has 148 valence electrons. The highest BCUT2D eigenvalue weighted by Crippen LogP contribution is 2.32. The molecule has 0 aliphatic carbocycles. The van der Waals surface area contributed by atoms with Gasteiger partial charge in [0, 0.05) is 29.4 Å². The summed E-state index contributed by atoms with van der Waals surface area (Å²) < 4.78 is 5.22. The molecule has 0 bridgehead atoms. The second-order valence-electron chi connectivity index (χ2n) is 7.10. The number of likely N-dealkylation sites (tertiary alicyclic amines) is 1. The van der Waals surface area contributed by atoms with E-state index in [1.165, 1.54) is 16.9 Å². The Labute approximate surface area is 173 Å². The Morgan fingerprint density at radius 2 is 1.96 bits per heavy atom. The third-order valence-electron chi connectivity index (χ3n) is 5.34. The van der Waals surface area contributed by atoms with Crippen molar-refractivity contribution in [3.05, 3.63) is 62.5 Å². The molecule has 7 heteroatoms. The molecule has 0 saturated carbocycles. The zero-order valence-electron chi connectivity index (χ0n) is 16.0. The topological polar surface area (TPSA) is 58.5 Å². The van der Waals surface area contributed by atoms with Crippen LogP contribution in [0.4, 0.5) is 0 Å². The predicted octanol–water partition coefficient (Wildman–Crippen LogP) is 4.11. The van der Waals surface area contributed by atoms with Gasteiger partial charge in [0.05, 0.1) is 12.8 Å². The van der Waals surface area contributed by atoms with Crippen LogP contribution < -0.4 is 4.74 Å². The van der Waals surface area contributed by atoms with E-state index in [4.69, 9.17) is 9.72 Å². The van der Waals surface area contributed by atoms with Gasteiger partial charge in [-0.1, -0.05) is 12.1 Å². The van der Waals surface area contributed by atoms with Crippen LogP contribution in [0.25, 0.3) is 0 Å². The normalized spacial score (nSPS) is 16.9. The summed E-state index contributed by atoms with van der Waals surface area (Å²) in [6.07, 6.45) is 4.34. The molecule has 0 amide bonds. The van der Waals surface area contributed by atoms with Gasteiger partial charge in [0.2, 0.25) is 0 Å². The van der Waals surface area contributed by atoms with Crippen LogP contribution in [-0.4, -0.2) is 46.7 Å². The molecule has 1 aliphatic heterocycles. The van der Waals surface area contributed by atoms with Gasteiger partial charge in [0.1, 0.15) is 15.8 Å². The molecule has 1 atom stereocenters. The van der Waals surface area contributed by atoms with E-state index < -0.39 is 6.10 Å². The standard InChI is InChI=1S/C21H25N3O2S2/c1-26-17-4-2-15(3-5-17)6-10-24-11-7-16(8-12-24)18-14-28-21(23-18)19(25)20-22-9-13-27-20/h2-5,9,13-14,16,19,25H,6-8,10-12H2,1H3. The number of aliphatic hydroxyl groups excluding tert-OH is 1. The number of methoxy groups -OCH3 is 1. The Bertz CT molecular complexity index is 856. The van der Waals surface area contributed by atoms with Crippen molar-refractivity contribution in [2.75, 3.05) is 26.7 Å². The predicted molar refractivity (Wildman–Crippen MR) is 113 cm³/mol. The van der Waals surface area contributed by atoms with Crippen molar-refractivity contribution in [1.82, 2.24) is 14.9 Å². The first-order chi connectivity index (χ1) is 13.7. The van der Waals surface area contributed by atoms with Crippen molar-refractivity contribution in [3.63, 3.8) is 0 Å². The summed E-state index contributed by atoms with van der Waals surface area (Å²) >= 11 is 3.01. The molecule has 1 aliphatic rings. The van der Waals surface area contributed by atoms with Gasteiger partial charge >= 0.3 is 0 Å². The largest absolute Gasteiger partial charge is 0.497 e. The average molecular weight is 416 g/mol. The van der Waals surface area contributed by atoms with Gasteiger partial charge in [-0.2, -0.15) is 0 Å². The van der Waals surface area contributed by atoms with Gasteiger partial charge in [0.25, 0.3) is 0 Å². The molecule has 3 aromatic rings. The van der Waals surface area contributed by atoms with Crippen LogP contribution in [0.1, 0.15) is 46.1 Å². The Kier molecular flexibility index (Phi) is 6.36. The lowest BCUT2D eigenvalue weighted by Gasteiger charge is -2.31. The quantitative estimate of drug-likeness (QED) is 0.629. The first-order valence-electron chi connectivity index (χ1n) is 9.61. The lowest BCUT2D eigenvalue weighted by molar-refractivity contribution is 0.210. The highest BCUT2D eigenvalue weighted by atomic mass is 32.1. The number of aromatic nitrogens is 2. The van der Waals surface area contributed by atoms with Crippen LogP contribution in [-0.2, 0) is 6.42 Å². The van der Waals surface area contributed by atoms with E-state index in [1.54, 1.807) is 24.6 Å². The van der Waals surface area contributed by atoms with Crippen molar-refractivity contribution >= 4 is 22.7 Å². The summed E-state index contributed by atoms with van der Waals surface area (Å²) in [7, 11) is 1.70. The van der Waals surface area contributed by atoms with E-state index in [1.807, 2.05) is 17.5 Å². The smallest absolute Gasteiger partial charge is 0.157 e. The molecule has 1 fully saturated rings. The first-order valence-corrected chi connectivity index (χ1v) is 11.4. The Morgan fingerprint density at radius 1 is 1.18 bits per heavy atom. The van der Waals surface area contributed by atoms with Crippen LogP contribution in [0, 0.1) is 0 Å². The maximum Gasteiger partial charge on any atom is 0.157 e. The molecule has 0 radical (unpaired) electrons. The molecular weight excluding hydrogens is 390 g/mol. The number of ether oxygens (including phenoxy) is 1. The molecule has 1 unspecified atom stereocenters. The van der Waals surface area contributed by atoms with Crippen molar-refractivity contribution < 1.29 is 9.84 Å². The van der Waals surface area contributed by atoms with E-state index in [0.717, 1.165) is 55.3 Å². The Hall–Kier alpha value is -1.80. The lowest BCUT2D eigenvalue weighted by atomic mass is 9.94. The SMILES string of the molecule is COc1ccc(CCN2CCC(c3csc(C(O)c4nccs4)n3)CC2)cc1. The maximum atomic E-state index is 10.4. The average Bonchev–Trinajstić information content (AvgIpc) is 3.45. The summed E-state index contributed by atoms with van der Waals surface area (Å²) in [5, 5.41) is 15.9. The summed E-state index contributed by atoms with van der Waals surface area (Å²) in [4.78, 5) is 11.5. The van der Waals surface area contributed by atoms with Crippen LogP contribution in [0.2, 0.25) is 0 Å². The monoisotopic (exact) mass is 415 g/mol. The fourth-order valence-corrected chi connectivity index (χ4v) is 5.20. The van der Waals surface area contributed by atoms with Gasteiger partial charge < -0.3 is 14.7 Å². The van der Waals surface area contributed by atoms with E-state index >= 15 is 0 Å².